The molecule has 1 N–H and O–H groups in total. The maximum absolute atomic E-state index is 12.7. The van der Waals surface area contributed by atoms with Crippen LogP contribution in [0.3, 0.4) is 0 Å². The second kappa shape index (κ2) is 7.74. The number of ether oxygens (including phenoxy) is 1. The summed E-state index contributed by atoms with van der Waals surface area (Å²) >= 11 is 1.63. The fraction of sp³-hybridized carbons (Fsp3) is 0.850. The average Bonchev–Trinajstić information content (AvgIpc) is 3.31. The minimum Gasteiger partial charge on any atom is -0.375 e. The molecule has 0 aromatic rings. The van der Waals surface area contributed by atoms with Gasteiger partial charge in [-0.1, -0.05) is 18.2 Å². The van der Waals surface area contributed by atoms with Gasteiger partial charge >= 0.3 is 0 Å². The largest absolute Gasteiger partial charge is 0.375 e. The molecule has 27 heavy (non-hydrogen) atoms. The van der Waals surface area contributed by atoms with Crippen molar-refractivity contribution in [3.63, 3.8) is 0 Å². The second-order valence-corrected chi connectivity index (χ2v) is 10.4. The molecule has 2 aliphatic carbocycles. The first-order chi connectivity index (χ1) is 13.0. The van der Waals surface area contributed by atoms with Crippen molar-refractivity contribution in [1.29, 1.82) is 0 Å². The lowest BCUT2D eigenvalue weighted by Gasteiger charge is -2.34. The van der Waals surface area contributed by atoms with Crippen LogP contribution in [-0.2, 0) is 14.3 Å². The predicted molar refractivity (Wildman–Crippen MR) is 107 cm³/mol. The summed E-state index contributed by atoms with van der Waals surface area (Å²) in [6, 6.07) is 0.420. The molecule has 2 bridgehead atoms. The molecule has 0 radical (unpaired) electrons. The van der Waals surface area contributed by atoms with Crippen LogP contribution in [0.2, 0.25) is 0 Å². The van der Waals surface area contributed by atoms with E-state index in [1.54, 1.807) is 18.9 Å². The molecule has 7 heteroatoms. The minimum atomic E-state index is -0.431. The fourth-order valence-electron chi connectivity index (χ4n) is 5.38. The van der Waals surface area contributed by atoms with Gasteiger partial charge in [0.1, 0.15) is 6.61 Å². The summed E-state index contributed by atoms with van der Waals surface area (Å²) in [6.07, 6.45) is 7.98. The van der Waals surface area contributed by atoms with Crippen LogP contribution in [0.1, 0.15) is 51.9 Å². The van der Waals surface area contributed by atoms with Gasteiger partial charge in [0.15, 0.2) is 5.17 Å². The zero-order valence-electron chi connectivity index (χ0n) is 16.4. The van der Waals surface area contributed by atoms with Gasteiger partial charge in [-0.05, 0) is 63.2 Å². The van der Waals surface area contributed by atoms with Gasteiger partial charge in [-0.15, -0.1) is 0 Å². The molecule has 2 heterocycles. The molecule has 6 nitrogen and oxygen atoms in total. The van der Waals surface area contributed by atoms with Gasteiger partial charge in [-0.3, -0.25) is 14.6 Å². The number of likely N-dealkylation sites (tertiary alicyclic amines) is 1. The molecule has 4 fully saturated rings. The highest BCUT2D eigenvalue weighted by atomic mass is 32.2. The molecular formula is C20H31N3O3S. The van der Waals surface area contributed by atoms with Gasteiger partial charge in [0.25, 0.3) is 0 Å². The van der Waals surface area contributed by atoms with Crippen LogP contribution in [-0.4, -0.2) is 59.5 Å². The monoisotopic (exact) mass is 393 g/mol. The smallest absolute Gasteiger partial charge is 0.248 e. The Kier molecular flexibility index (Phi) is 5.52. The van der Waals surface area contributed by atoms with Crippen molar-refractivity contribution in [2.45, 2.75) is 62.7 Å². The third-order valence-electron chi connectivity index (χ3n) is 6.92. The molecule has 0 spiro atoms. The standard InChI is InChI=1S/C20H31N3O3S/c1-20(11-13-5-7-23(8-6-13)17(24)12-26-2)18(25)22-19(27-20)21-16-10-14-3-4-15(16)9-14/h13-16H,3-12H2,1-2H3,(H,21,22,25)/t14?,15-,16-,20?/m0/s1. The normalized spacial score (nSPS) is 38.0. The van der Waals surface area contributed by atoms with Gasteiger partial charge in [0.2, 0.25) is 11.8 Å². The highest BCUT2D eigenvalue weighted by molar-refractivity contribution is 8.16. The molecule has 4 aliphatic rings. The van der Waals surface area contributed by atoms with Crippen molar-refractivity contribution in [2.75, 3.05) is 26.8 Å². The van der Waals surface area contributed by atoms with Gasteiger partial charge in [0, 0.05) is 20.2 Å². The number of carbonyl (C=O) groups is 2. The van der Waals surface area contributed by atoms with Gasteiger partial charge in [-0.25, -0.2) is 0 Å². The Labute approximate surface area is 165 Å². The number of amidine groups is 1. The summed E-state index contributed by atoms with van der Waals surface area (Å²) in [7, 11) is 1.55. The van der Waals surface area contributed by atoms with Gasteiger partial charge in [0.05, 0.1) is 10.8 Å². The van der Waals surface area contributed by atoms with E-state index in [0.29, 0.717) is 12.0 Å². The topological polar surface area (TPSA) is 71.0 Å². The Bertz CT molecular complexity index is 632. The van der Waals surface area contributed by atoms with E-state index in [2.05, 4.69) is 12.2 Å². The van der Waals surface area contributed by atoms with Crippen LogP contribution in [0.4, 0.5) is 0 Å². The maximum atomic E-state index is 12.7. The lowest BCUT2D eigenvalue weighted by atomic mass is 9.87. The number of amides is 2. The lowest BCUT2D eigenvalue weighted by Crippen LogP contribution is -2.42. The number of carbonyl (C=O) groups excluding carboxylic acids is 2. The molecule has 2 saturated heterocycles. The van der Waals surface area contributed by atoms with E-state index in [1.165, 1.54) is 25.7 Å². The van der Waals surface area contributed by atoms with Crippen molar-refractivity contribution in [3.8, 4) is 0 Å². The number of aliphatic imine (C=N–C) groups is 1. The number of piperidine rings is 1. The fourth-order valence-corrected chi connectivity index (χ4v) is 6.60. The van der Waals surface area contributed by atoms with E-state index in [1.807, 2.05) is 4.90 Å². The number of thioether (sulfide) groups is 1. The van der Waals surface area contributed by atoms with Crippen molar-refractivity contribution < 1.29 is 14.3 Å². The number of hydrogen-bond donors (Lipinski definition) is 1. The first-order valence-electron chi connectivity index (χ1n) is 10.3. The van der Waals surface area contributed by atoms with Crippen molar-refractivity contribution in [1.82, 2.24) is 10.2 Å². The van der Waals surface area contributed by atoms with Crippen molar-refractivity contribution in [2.24, 2.45) is 22.7 Å². The Balaban J connectivity index is 1.31. The number of nitrogens with zero attached hydrogens (tertiary/aromatic N) is 2. The Hall–Kier alpha value is -1.08. The molecule has 4 atom stereocenters. The predicted octanol–water partition coefficient (Wildman–Crippen LogP) is 2.43. The van der Waals surface area contributed by atoms with Crippen molar-refractivity contribution in [3.05, 3.63) is 0 Å². The van der Waals surface area contributed by atoms with Crippen LogP contribution in [0.5, 0.6) is 0 Å². The van der Waals surface area contributed by atoms with Crippen molar-refractivity contribution >= 4 is 28.7 Å². The van der Waals surface area contributed by atoms with Crippen LogP contribution in [0, 0.1) is 17.8 Å². The molecular weight excluding hydrogens is 362 g/mol. The van der Waals surface area contributed by atoms with E-state index in [0.717, 1.165) is 49.4 Å². The molecule has 150 valence electrons. The molecule has 0 aromatic heterocycles. The lowest BCUT2D eigenvalue weighted by molar-refractivity contribution is -0.136. The number of hydrogen-bond acceptors (Lipinski definition) is 5. The van der Waals surface area contributed by atoms with E-state index in [4.69, 9.17) is 9.73 Å². The van der Waals surface area contributed by atoms with E-state index in [-0.39, 0.29) is 18.4 Å². The van der Waals surface area contributed by atoms with Crippen LogP contribution in [0.25, 0.3) is 0 Å². The van der Waals surface area contributed by atoms with Crippen LogP contribution >= 0.6 is 11.8 Å². The highest BCUT2D eigenvalue weighted by Gasteiger charge is 2.46. The van der Waals surface area contributed by atoms with E-state index in [9.17, 15) is 9.59 Å². The number of fused-ring (bicyclic) bond motifs is 2. The minimum absolute atomic E-state index is 0.0652. The molecule has 2 unspecified atom stereocenters. The molecule has 2 saturated carbocycles. The summed E-state index contributed by atoms with van der Waals surface area (Å²) in [4.78, 5) is 31.4. The summed E-state index contributed by atoms with van der Waals surface area (Å²) in [5.74, 6) is 2.24. The quantitative estimate of drug-likeness (QED) is 0.779. The summed E-state index contributed by atoms with van der Waals surface area (Å²) < 4.78 is 4.51. The van der Waals surface area contributed by atoms with Crippen LogP contribution < -0.4 is 5.32 Å². The van der Waals surface area contributed by atoms with Gasteiger partial charge < -0.3 is 15.0 Å². The number of rotatable bonds is 5. The summed E-state index contributed by atoms with van der Waals surface area (Å²) in [5, 5.41) is 3.90. The summed E-state index contributed by atoms with van der Waals surface area (Å²) in [5.41, 5.74) is 0. The molecule has 2 amide bonds. The second-order valence-electron chi connectivity index (χ2n) is 8.92. The molecule has 4 rings (SSSR count). The van der Waals surface area contributed by atoms with E-state index >= 15 is 0 Å². The third-order valence-corrected chi connectivity index (χ3v) is 8.12. The SMILES string of the molecule is COCC(=O)N1CCC(CC2(C)SC(=N[C@H]3CC4CC[C@H]3C4)NC2=O)CC1. The Morgan fingerprint density at radius 1 is 1.30 bits per heavy atom. The van der Waals surface area contributed by atoms with Gasteiger partial charge in [-0.2, -0.15) is 0 Å². The summed E-state index contributed by atoms with van der Waals surface area (Å²) in [6.45, 7) is 3.74. The zero-order chi connectivity index (χ0) is 19.0. The average molecular weight is 394 g/mol. The van der Waals surface area contributed by atoms with Crippen LogP contribution in [0.15, 0.2) is 4.99 Å². The number of nitrogens with one attached hydrogen (secondary N) is 1. The number of methoxy groups -OCH3 is 1. The zero-order valence-corrected chi connectivity index (χ0v) is 17.2. The van der Waals surface area contributed by atoms with E-state index < -0.39 is 4.75 Å². The third kappa shape index (κ3) is 4.04. The maximum Gasteiger partial charge on any atom is 0.248 e. The first-order valence-corrected chi connectivity index (χ1v) is 11.1. The highest BCUT2D eigenvalue weighted by Crippen LogP contribution is 2.47. The Morgan fingerprint density at radius 3 is 2.70 bits per heavy atom. The first kappa shape index (κ1) is 19.2. The Morgan fingerprint density at radius 2 is 2.07 bits per heavy atom. The molecule has 0 aromatic carbocycles. The molecule has 2 aliphatic heterocycles.